The van der Waals surface area contributed by atoms with Crippen LogP contribution in [-0.2, 0) is 6.54 Å². The van der Waals surface area contributed by atoms with Gasteiger partial charge in [0.15, 0.2) is 0 Å². The fourth-order valence-electron chi connectivity index (χ4n) is 3.55. The van der Waals surface area contributed by atoms with E-state index >= 15 is 0 Å². The van der Waals surface area contributed by atoms with Crippen LogP contribution < -0.4 is 0 Å². The Balaban J connectivity index is 1.84. The molecule has 0 saturated heterocycles. The SMILES string of the molecule is CC[C@H](O)c1nc2ccccc2n1CCC1CCCCC1. The molecule has 1 fully saturated rings. The lowest BCUT2D eigenvalue weighted by Crippen LogP contribution is -2.13. The Morgan fingerprint density at radius 1 is 1.24 bits per heavy atom. The third kappa shape index (κ3) is 3.13. The molecule has 1 atom stereocenters. The summed E-state index contributed by atoms with van der Waals surface area (Å²) >= 11 is 0. The first-order chi connectivity index (χ1) is 10.3. The molecule has 1 aliphatic carbocycles. The lowest BCUT2D eigenvalue weighted by molar-refractivity contribution is 0.158. The molecule has 1 aliphatic rings. The zero-order chi connectivity index (χ0) is 14.7. The van der Waals surface area contributed by atoms with Gasteiger partial charge in [0, 0.05) is 6.54 Å². The van der Waals surface area contributed by atoms with Gasteiger partial charge in [-0.1, -0.05) is 51.2 Å². The minimum Gasteiger partial charge on any atom is -0.385 e. The molecule has 3 rings (SSSR count). The minimum atomic E-state index is -0.455. The average Bonchev–Trinajstić information content (AvgIpc) is 2.92. The summed E-state index contributed by atoms with van der Waals surface area (Å²) in [5, 5.41) is 10.3. The number of aliphatic hydroxyl groups excluding tert-OH is 1. The van der Waals surface area contributed by atoms with Crippen LogP contribution in [0.2, 0.25) is 0 Å². The Hall–Kier alpha value is -1.35. The first-order valence-corrected chi connectivity index (χ1v) is 8.42. The molecule has 2 aromatic rings. The Bertz CT molecular complexity index is 584. The van der Waals surface area contributed by atoms with Crippen molar-refractivity contribution < 1.29 is 5.11 Å². The van der Waals surface area contributed by atoms with Gasteiger partial charge in [0.25, 0.3) is 0 Å². The number of hydrogen-bond acceptors (Lipinski definition) is 2. The second-order valence-electron chi connectivity index (χ2n) is 6.33. The van der Waals surface area contributed by atoms with Crippen LogP contribution in [0.15, 0.2) is 24.3 Å². The van der Waals surface area contributed by atoms with Crippen molar-refractivity contribution in [2.75, 3.05) is 0 Å². The third-order valence-corrected chi connectivity index (χ3v) is 4.85. The van der Waals surface area contributed by atoms with Gasteiger partial charge in [-0.2, -0.15) is 0 Å². The van der Waals surface area contributed by atoms with Crippen molar-refractivity contribution in [1.82, 2.24) is 9.55 Å². The summed E-state index contributed by atoms with van der Waals surface area (Å²) in [6.07, 6.45) is 8.40. The van der Waals surface area contributed by atoms with Crippen LogP contribution in [0, 0.1) is 5.92 Å². The van der Waals surface area contributed by atoms with E-state index in [2.05, 4.69) is 21.7 Å². The van der Waals surface area contributed by atoms with Crippen LogP contribution in [0.1, 0.15) is 63.8 Å². The molecule has 1 saturated carbocycles. The number of aliphatic hydroxyl groups is 1. The van der Waals surface area contributed by atoms with Gasteiger partial charge in [0.05, 0.1) is 11.0 Å². The van der Waals surface area contributed by atoms with Crippen molar-refractivity contribution in [3.8, 4) is 0 Å². The van der Waals surface area contributed by atoms with E-state index < -0.39 is 6.10 Å². The molecule has 0 aliphatic heterocycles. The smallest absolute Gasteiger partial charge is 0.138 e. The summed E-state index contributed by atoms with van der Waals surface area (Å²) in [5.41, 5.74) is 2.17. The lowest BCUT2D eigenvalue weighted by Gasteiger charge is -2.22. The maximum absolute atomic E-state index is 10.3. The largest absolute Gasteiger partial charge is 0.385 e. The highest BCUT2D eigenvalue weighted by Crippen LogP contribution is 2.29. The summed E-state index contributed by atoms with van der Waals surface area (Å²) in [5.74, 6) is 1.70. The molecule has 1 N–H and O–H groups in total. The van der Waals surface area contributed by atoms with E-state index in [0.29, 0.717) is 6.42 Å². The van der Waals surface area contributed by atoms with E-state index in [4.69, 9.17) is 0 Å². The van der Waals surface area contributed by atoms with E-state index in [-0.39, 0.29) is 0 Å². The van der Waals surface area contributed by atoms with E-state index in [9.17, 15) is 5.11 Å². The Kier molecular flexibility index (Phi) is 4.59. The van der Waals surface area contributed by atoms with Gasteiger partial charge in [0.1, 0.15) is 11.9 Å². The van der Waals surface area contributed by atoms with Crippen LogP contribution in [0.5, 0.6) is 0 Å². The molecule has 114 valence electrons. The first-order valence-electron chi connectivity index (χ1n) is 8.42. The fraction of sp³-hybridized carbons (Fsp3) is 0.611. The van der Waals surface area contributed by atoms with Crippen LogP contribution in [0.4, 0.5) is 0 Å². The number of benzene rings is 1. The second kappa shape index (κ2) is 6.61. The van der Waals surface area contributed by atoms with E-state index in [1.807, 2.05) is 19.1 Å². The zero-order valence-electron chi connectivity index (χ0n) is 13.0. The van der Waals surface area contributed by atoms with Crippen LogP contribution in [0.3, 0.4) is 0 Å². The van der Waals surface area contributed by atoms with Crippen LogP contribution in [0.25, 0.3) is 11.0 Å². The molecule has 1 aromatic heterocycles. The van der Waals surface area contributed by atoms with Crippen LogP contribution >= 0.6 is 0 Å². The summed E-state index contributed by atoms with van der Waals surface area (Å²) in [6, 6.07) is 8.24. The first kappa shape index (κ1) is 14.6. The number of aromatic nitrogens is 2. The van der Waals surface area contributed by atoms with Gasteiger partial charge in [-0.3, -0.25) is 0 Å². The quantitative estimate of drug-likeness (QED) is 0.881. The van der Waals surface area contributed by atoms with E-state index in [1.165, 1.54) is 38.5 Å². The second-order valence-corrected chi connectivity index (χ2v) is 6.33. The average molecular weight is 286 g/mol. The van der Waals surface area contributed by atoms with Crippen LogP contribution in [-0.4, -0.2) is 14.7 Å². The molecule has 0 bridgehead atoms. The number of imidazole rings is 1. The number of rotatable bonds is 5. The van der Waals surface area contributed by atoms with Crippen molar-refractivity contribution in [3.05, 3.63) is 30.1 Å². The highest BCUT2D eigenvalue weighted by molar-refractivity contribution is 5.76. The predicted octanol–water partition coefficient (Wildman–Crippen LogP) is 4.45. The minimum absolute atomic E-state index is 0.455. The van der Waals surface area contributed by atoms with Gasteiger partial charge >= 0.3 is 0 Å². The van der Waals surface area contributed by atoms with E-state index in [0.717, 1.165) is 29.3 Å². The van der Waals surface area contributed by atoms with Gasteiger partial charge in [-0.15, -0.1) is 0 Å². The molecule has 3 heteroatoms. The highest BCUT2D eigenvalue weighted by atomic mass is 16.3. The maximum atomic E-state index is 10.3. The number of fused-ring (bicyclic) bond motifs is 1. The standard InChI is InChI=1S/C18H26N2O/c1-2-17(21)18-19-15-10-6-7-11-16(15)20(18)13-12-14-8-4-3-5-9-14/h6-7,10-11,14,17,21H,2-5,8-9,12-13H2,1H3/t17-/m0/s1. The van der Waals surface area contributed by atoms with Crippen molar-refractivity contribution in [2.45, 2.75) is 64.5 Å². The topological polar surface area (TPSA) is 38.1 Å². The molecule has 0 spiro atoms. The monoisotopic (exact) mass is 286 g/mol. The summed E-state index contributed by atoms with van der Waals surface area (Å²) in [6.45, 7) is 2.99. The van der Waals surface area contributed by atoms with Gasteiger partial charge in [0.2, 0.25) is 0 Å². The normalized spacial score (nSPS) is 18.2. The van der Waals surface area contributed by atoms with Crippen molar-refractivity contribution in [3.63, 3.8) is 0 Å². The Labute approximate surface area is 127 Å². The number of hydrogen-bond donors (Lipinski definition) is 1. The van der Waals surface area contributed by atoms with Gasteiger partial charge in [-0.25, -0.2) is 4.98 Å². The van der Waals surface area contributed by atoms with Gasteiger partial charge < -0.3 is 9.67 Å². The summed E-state index contributed by atoms with van der Waals surface area (Å²) < 4.78 is 2.25. The molecule has 0 radical (unpaired) electrons. The Morgan fingerprint density at radius 2 is 2.00 bits per heavy atom. The maximum Gasteiger partial charge on any atom is 0.138 e. The lowest BCUT2D eigenvalue weighted by atomic mass is 9.87. The highest BCUT2D eigenvalue weighted by Gasteiger charge is 2.19. The number of nitrogens with zero attached hydrogens (tertiary/aromatic N) is 2. The molecule has 0 amide bonds. The Morgan fingerprint density at radius 3 is 2.76 bits per heavy atom. The summed E-state index contributed by atoms with van der Waals surface area (Å²) in [7, 11) is 0. The fourth-order valence-corrected chi connectivity index (χ4v) is 3.55. The molecular weight excluding hydrogens is 260 g/mol. The van der Waals surface area contributed by atoms with Gasteiger partial charge in [-0.05, 0) is 30.9 Å². The number of aryl methyl sites for hydroxylation is 1. The number of para-hydroxylation sites is 2. The predicted molar refractivity (Wildman–Crippen MR) is 86.2 cm³/mol. The third-order valence-electron chi connectivity index (χ3n) is 4.85. The van der Waals surface area contributed by atoms with E-state index in [1.54, 1.807) is 0 Å². The molecule has 1 aromatic carbocycles. The van der Waals surface area contributed by atoms with Crippen molar-refractivity contribution >= 4 is 11.0 Å². The molecule has 1 heterocycles. The van der Waals surface area contributed by atoms with Crippen molar-refractivity contribution in [1.29, 1.82) is 0 Å². The zero-order valence-corrected chi connectivity index (χ0v) is 13.0. The molecule has 3 nitrogen and oxygen atoms in total. The summed E-state index contributed by atoms with van der Waals surface area (Å²) in [4.78, 5) is 4.66. The molecular formula is C18H26N2O. The molecule has 21 heavy (non-hydrogen) atoms. The van der Waals surface area contributed by atoms with Crippen molar-refractivity contribution in [2.24, 2.45) is 5.92 Å². The molecule has 0 unspecified atom stereocenters.